The number of thiazole rings is 1. The van der Waals surface area contributed by atoms with E-state index in [0.717, 1.165) is 17.8 Å². The molecule has 0 aliphatic rings. The minimum atomic E-state index is -0.233. The van der Waals surface area contributed by atoms with E-state index in [2.05, 4.69) is 15.6 Å². The van der Waals surface area contributed by atoms with Crippen LogP contribution >= 0.6 is 34.5 Å². The van der Waals surface area contributed by atoms with Crippen LogP contribution < -0.4 is 10.6 Å². The Morgan fingerprint density at radius 3 is 2.50 bits per heavy atom. The van der Waals surface area contributed by atoms with E-state index in [-0.39, 0.29) is 24.8 Å². The largest absolute Gasteiger partial charge is 0.355 e. The van der Waals surface area contributed by atoms with Crippen LogP contribution in [0, 0.1) is 0 Å². The van der Waals surface area contributed by atoms with Crippen molar-refractivity contribution in [2.75, 3.05) is 39.0 Å². The Bertz CT molecular complexity index is 1110. The summed E-state index contributed by atoms with van der Waals surface area (Å²) in [6.07, 6.45) is 0.213. The Morgan fingerprint density at radius 1 is 1.03 bits per heavy atom. The molecular formula is C24H27Cl2N5O2S. The molecule has 7 nitrogen and oxygen atoms in total. The van der Waals surface area contributed by atoms with Crippen LogP contribution in [-0.2, 0) is 11.3 Å². The predicted molar refractivity (Wildman–Crippen MR) is 139 cm³/mol. The number of carbonyl (C=O) groups is 2. The highest BCUT2D eigenvalue weighted by Crippen LogP contribution is 2.28. The highest BCUT2D eigenvalue weighted by atomic mass is 35.5. The number of halogens is 2. The monoisotopic (exact) mass is 519 g/mol. The molecule has 3 aromatic rings. The van der Waals surface area contributed by atoms with Gasteiger partial charge in [0, 0.05) is 43.7 Å². The fourth-order valence-corrected chi connectivity index (χ4v) is 4.09. The summed E-state index contributed by atoms with van der Waals surface area (Å²) in [7, 11) is 3.90. The molecule has 1 heterocycles. The van der Waals surface area contributed by atoms with Crippen molar-refractivity contribution in [2.45, 2.75) is 13.0 Å². The molecule has 180 valence electrons. The zero-order chi connectivity index (χ0) is 24.5. The maximum absolute atomic E-state index is 13.3. The van der Waals surface area contributed by atoms with Gasteiger partial charge in [0.05, 0.1) is 10.0 Å². The fourth-order valence-electron chi connectivity index (χ4n) is 3.09. The van der Waals surface area contributed by atoms with Gasteiger partial charge in [0.1, 0.15) is 5.69 Å². The highest BCUT2D eigenvalue weighted by Gasteiger charge is 2.20. The van der Waals surface area contributed by atoms with E-state index in [1.54, 1.807) is 28.5 Å². The van der Waals surface area contributed by atoms with Crippen molar-refractivity contribution in [3.63, 3.8) is 0 Å². The first-order valence-corrected chi connectivity index (χ1v) is 12.4. The smallest absolute Gasteiger partial charge is 0.273 e. The van der Waals surface area contributed by atoms with Crippen molar-refractivity contribution in [2.24, 2.45) is 0 Å². The number of aromatic nitrogens is 1. The third kappa shape index (κ3) is 7.99. The van der Waals surface area contributed by atoms with Crippen LogP contribution in [0.2, 0.25) is 10.0 Å². The van der Waals surface area contributed by atoms with Crippen molar-refractivity contribution in [1.82, 2.24) is 20.1 Å². The summed E-state index contributed by atoms with van der Waals surface area (Å²) in [5.74, 6) is -0.323. The van der Waals surface area contributed by atoms with Crippen LogP contribution in [-0.4, -0.2) is 60.3 Å². The van der Waals surface area contributed by atoms with Gasteiger partial charge in [-0.25, -0.2) is 4.98 Å². The van der Waals surface area contributed by atoms with E-state index in [0.29, 0.717) is 34.0 Å². The van der Waals surface area contributed by atoms with Crippen molar-refractivity contribution in [1.29, 1.82) is 0 Å². The fraction of sp³-hybridized carbons (Fsp3) is 0.292. The number of nitrogens with zero attached hydrogens (tertiary/aromatic N) is 3. The van der Waals surface area contributed by atoms with E-state index in [1.807, 2.05) is 49.3 Å². The lowest BCUT2D eigenvalue weighted by atomic mass is 10.2. The lowest BCUT2D eigenvalue weighted by Crippen LogP contribution is -2.36. The number of hydrogen-bond acceptors (Lipinski definition) is 6. The molecule has 34 heavy (non-hydrogen) atoms. The molecule has 0 fully saturated rings. The molecule has 0 unspecified atom stereocenters. The summed E-state index contributed by atoms with van der Waals surface area (Å²) in [5, 5.41) is 9.19. The minimum absolute atomic E-state index is 0.0898. The molecule has 2 N–H and O–H groups in total. The maximum atomic E-state index is 13.3. The topological polar surface area (TPSA) is 77.6 Å². The van der Waals surface area contributed by atoms with Crippen LogP contribution in [0.1, 0.15) is 22.5 Å². The van der Waals surface area contributed by atoms with E-state index >= 15 is 0 Å². The van der Waals surface area contributed by atoms with Crippen LogP contribution in [0.4, 0.5) is 10.8 Å². The van der Waals surface area contributed by atoms with Gasteiger partial charge in [0.2, 0.25) is 5.91 Å². The molecule has 10 heteroatoms. The third-order valence-corrected chi connectivity index (χ3v) is 6.38. The van der Waals surface area contributed by atoms with Gasteiger partial charge in [-0.05, 0) is 37.9 Å². The average Bonchev–Trinajstić information content (AvgIpc) is 3.27. The Morgan fingerprint density at radius 2 is 1.79 bits per heavy atom. The van der Waals surface area contributed by atoms with Gasteiger partial charge in [-0.15, -0.1) is 11.3 Å². The summed E-state index contributed by atoms with van der Waals surface area (Å²) in [4.78, 5) is 33.7. The molecule has 2 amide bonds. The van der Waals surface area contributed by atoms with Gasteiger partial charge < -0.3 is 20.4 Å². The summed E-state index contributed by atoms with van der Waals surface area (Å²) < 4.78 is 0. The SMILES string of the molecule is CN(C)CCNC(=O)CCN(Cc1ccccc1)C(=O)c1csc(Nc2ccc(Cl)c(Cl)c2)n1. The summed E-state index contributed by atoms with van der Waals surface area (Å²) >= 11 is 13.4. The van der Waals surface area contributed by atoms with Gasteiger partial charge in [0.25, 0.3) is 5.91 Å². The van der Waals surface area contributed by atoms with E-state index in [1.165, 1.54) is 11.3 Å². The number of nitrogens with one attached hydrogen (secondary N) is 2. The second-order valence-corrected chi connectivity index (χ2v) is 9.58. The number of hydrogen-bond donors (Lipinski definition) is 2. The van der Waals surface area contributed by atoms with Gasteiger partial charge in [0.15, 0.2) is 5.13 Å². The molecule has 0 aliphatic carbocycles. The van der Waals surface area contributed by atoms with Crippen LogP contribution in [0.5, 0.6) is 0 Å². The average molecular weight is 520 g/mol. The molecule has 0 saturated heterocycles. The maximum Gasteiger partial charge on any atom is 0.273 e. The van der Waals surface area contributed by atoms with Gasteiger partial charge in [-0.3, -0.25) is 9.59 Å². The second-order valence-electron chi connectivity index (χ2n) is 7.91. The molecular weight excluding hydrogens is 493 g/mol. The van der Waals surface area contributed by atoms with Crippen molar-refractivity contribution in [3.8, 4) is 0 Å². The standard InChI is InChI=1S/C24H27Cl2N5O2S/c1-30(2)13-11-27-22(32)10-12-31(15-17-6-4-3-5-7-17)23(33)21-16-34-24(29-21)28-18-8-9-19(25)20(26)14-18/h3-9,14,16H,10-13,15H2,1-2H3,(H,27,32)(H,28,29). The Balaban J connectivity index is 1.67. The normalized spacial score (nSPS) is 10.9. The second kappa shape index (κ2) is 12.7. The quantitative estimate of drug-likeness (QED) is 0.376. The van der Waals surface area contributed by atoms with Crippen LogP contribution in [0.3, 0.4) is 0 Å². The number of likely N-dealkylation sites (N-methyl/N-ethyl adjacent to an activating group) is 1. The van der Waals surface area contributed by atoms with Crippen molar-refractivity contribution < 1.29 is 9.59 Å². The van der Waals surface area contributed by atoms with Crippen molar-refractivity contribution >= 4 is 57.2 Å². The number of benzene rings is 2. The summed E-state index contributed by atoms with van der Waals surface area (Å²) in [6, 6.07) is 14.9. The van der Waals surface area contributed by atoms with E-state index in [9.17, 15) is 9.59 Å². The molecule has 1 aromatic heterocycles. The van der Waals surface area contributed by atoms with Crippen LogP contribution in [0.25, 0.3) is 0 Å². The minimum Gasteiger partial charge on any atom is -0.355 e. The summed E-state index contributed by atoms with van der Waals surface area (Å²) in [6.45, 7) is 1.99. The van der Waals surface area contributed by atoms with Crippen LogP contribution in [0.15, 0.2) is 53.9 Å². The number of anilines is 2. The number of amides is 2. The zero-order valence-corrected chi connectivity index (χ0v) is 21.4. The number of rotatable bonds is 11. The molecule has 0 radical (unpaired) electrons. The lowest BCUT2D eigenvalue weighted by Gasteiger charge is -2.22. The van der Waals surface area contributed by atoms with Gasteiger partial charge in [-0.1, -0.05) is 53.5 Å². The third-order valence-electron chi connectivity index (χ3n) is 4.89. The Labute approximate surface area is 213 Å². The molecule has 0 atom stereocenters. The van der Waals surface area contributed by atoms with E-state index in [4.69, 9.17) is 23.2 Å². The van der Waals surface area contributed by atoms with E-state index < -0.39 is 0 Å². The first kappa shape index (κ1) is 26.0. The van der Waals surface area contributed by atoms with Gasteiger partial charge >= 0.3 is 0 Å². The molecule has 2 aromatic carbocycles. The van der Waals surface area contributed by atoms with Crippen molar-refractivity contribution in [3.05, 3.63) is 75.2 Å². The predicted octanol–water partition coefficient (Wildman–Crippen LogP) is 4.90. The zero-order valence-electron chi connectivity index (χ0n) is 19.1. The number of carbonyl (C=O) groups excluding carboxylic acids is 2. The Kier molecular flexibility index (Phi) is 9.71. The molecule has 0 saturated carbocycles. The summed E-state index contributed by atoms with van der Waals surface area (Å²) in [5.41, 5.74) is 2.02. The molecule has 3 rings (SSSR count). The Hall–Kier alpha value is -2.65. The first-order chi connectivity index (χ1) is 16.3. The lowest BCUT2D eigenvalue weighted by molar-refractivity contribution is -0.121. The van der Waals surface area contributed by atoms with Gasteiger partial charge in [-0.2, -0.15) is 0 Å². The molecule has 0 spiro atoms. The first-order valence-electron chi connectivity index (χ1n) is 10.7. The highest BCUT2D eigenvalue weighted by molar-refractivity contribution is 7.14. The molecule has 0 bridgehead atoms. The molecule has 0 aliphatic heterocycles.